The topological polar surface area (TPSA) is 43.4 Å². The molecule has 0 atom stereocenters. The monoisotopic (exact) mass is 320 g/mol. The summed E-state index contributed by atoms with van der Waals surface area (Å²) in [6, 6.07) is 2.32. The molecule has 0 saturated heterocycles. The second kappa shape index (κ2) is 6.76. The molecule has 1 rings (SSSR count). The zero-order valence-electron chi connectivity index (χ0n) is 11.3. The normalized spacial score (nSPS) is 12.2. The van der Waals surface area contributed by atoms with E-state index >= 15 is 0 Å². The summed E-state index contributed by atoms with van der Waals surface area (Å²) in [7, 11) is 0. The summed E-state index contributed by atoms with van der Waals surface area (Å²) < 4.78 is 42.5. The zero-order chi connectivity index (χ0) is 16.2. The number of allylic oxidation sites excluding steroid dienone is 1. The first-order valence-electron chi connectivity index (χ1n) is 5.92. The Kier molecular flexibility index (Phi) is 5.54. The van der Waals surface area contributed by atoms with Crippen molar-refractivity contribution in [3.63, 3.8) is 0 Å². The number of alkyl halides is 3. The summed E-state index contributed by atoms with van der Waals surface area (Å²) in [5, 5.41) is -0.376. The molecule has 0 amide bonds. The molecule has 0 radical (unpaired) electrons. The smallest absolute Gasteiger partial charge is 0.416 e. The lowest BCUT2D eigenvalue weighted by Crippen LogP contribution is -2.13. The third kappa shape index (κ3) is 4.32. The van der Waals surface area contributed by atoms with Crippen molar-refractivity contribution in [2.45, 2.75) is 20.0 Å². The molecule has 1 aromatic carbocycles. The van der Waals surface area contributed by atoms with E-state index < -0.39 is 23.3 Å². The summed E-state index contributed by atoms with van der Waals surface area (Å²) in [5.41, 5.74) is -1.44. The molecule has 7 heteroatoms. The van der Waals surface area contributed by atoms with Crippen molar-refractivity contribution < 1.29 is 27.5 Å². The van der Waals surface area contributed by atoms with Gasteiger partial charge >= 0.3 is 6.18 Å². The van der Waals surface area contributed by atoms with Crippen LogP contribution in [0.3, 0.4) is 0 Å². The Hall–Kier alpha value is -1.82. The highest BCUT2D eigenvalue weighted by Crippen LogP contribution is 2.32. The SMILES string of the molecule is CCOC=C(C(C)=O)C(=O)c1ccc(C(F)(F)F)cc1Cl. The van der Waals surface area contributed by atoms with Crippen molar-refractivity contribution in [3.05, 3.63) is 46.2 Å². The number of halogens is 4. The van der Waals surface area contributed by atoms with Gasteiger partial charge in [0.1, 0.15) is 0 Å². The van der Waals surface area contributed by atoms with Gasteiger partial charge in [-0.25, -0.2) is 0 Å². The number of ketones is 2. The molecule has 0 spiro atoms. The predicted molar refractivity (Wildman–Crippen MR) is 71.2 cm³/mol. The second-order valence-corrected chi connectivity index (χ2v) is 4.47. The Balaban J connectivity index is 3.21. The number of benzene rings is 1. The van der Waals surface area contributed by atoms with Crippen molar-refractivity contribution >= 4 is 23.2 Å². The van der Waals surface area contributed by atoms with Crippen molar-refractivity contribution in [2.75, 3.05) is 6.61 Å². The largest absolute Gasteiger partial charge is 0.501 e. The molecule has 0 fully saturated rings. The lowest BCUT2D eigenvalue weighted by Gasteiger charge is -2.10. The molecule has 0 aromatic heterocycles. The van der Waals surface area contributed by atoms with Crippen LogP contribution in [-0.2, 0) is 15.7 Å². The van der Waals surface area contributed by atoms with E-state index in [4.69, 9.17) is 16.3 Å². The molecule has 0 aliphatic heterocycles. The fraction of sp³-hybridized carbons (Fsp3) is 0.286. The number of hydrogen-bond acceptors (Lipinski definition) is 3. The number of rotatable bonds is 5. The number of ether oxygens (including phenoxy) is 1. The highest BCUT2D eigenvalue weighted by Gasteiger charge is 2.31. The van der Waals surface area contributed by atoms with Gasteiger partial charge in [-0.15, -0.1) is 0 Å². The number of hydrogen-bond donors (Lipinski definition) is 0. The number of carbonyl (C=O) groups is 2. The molecule has 0 aliphatic carbocycles. The Labute approximate surface area is 124 Å². The summed E-state index contributed by atoms with van der Waals surface area (Å²) in [6.07, 6.45) is -3.57. The van der Waals surface area contributed by atoms with Gasteiger partial charge in [-0.1, -0.05) is 11.6 Å². The van der Waals surface area contributed by atoms with Crippen LogP contribution >= 0.6 is 11.6 Å². The highest BCUT2D eigenvalue weighted by atomic mass is 35.5. The molecular weight excluding hydrogens is 309 g/mol. The van der Waals surface area contributed by atoms with Gasteiger partial charge in [0.25, 0.3) is 0 Å². The van der Waals surface area contributed by atoms with E-state index in [2.05, 4.69) is 0 Å². The maximum atomic E-state index is 12.5. The van der Waals surface area contributed by atoms with E-state index in [1.807, 2.05) is 0 Å². The number of Topliss-reactive ketones (excluding diaryl/α,β-unsaturated/α-hetero) is 2. The van der Waals surface area contributed by atoms with Crippen molar-refractivity contribution in [1.29, 1.82) is 0 Å². The maximum absolute atomic E-state index is 12.5. The summed E-state index contributed by atoms with van der Waals surface area (Å²) >= 11 is 5.71. The van der Waals surface area contributed by atoms with Gasteiger partial charge in [-0.2, -0.15) is 13.2 Å². The van der Waals surface area contributed by atoms with Crippen LogP contribution in [0.1, 0.15) is 29.8 Å². The van der Waals surface area contributed by atoms with Gasteiger partial charge in [0, 0.05) is 5.56 Å². The zero-order valence-corrected chi connectivity index (χ0v) is 12.0. The molecule has 0 N–H and O–H groups in total. The molecule has 21 heavy (non-hydrogen) atoms. The van der Waals surface area contributed by atoms with Gasteiger partial charge in [-0.05, 0) is 32.0 Å². The molecule has 0 heterocycles. The summed E-state index contributed by atoms with van der Waals surface area (Å²) in [6.45, 7) is 3.05. The Morgan fingerprint density at radius 1 is 1.33 bits per heavy atom. The quantitative estimate of drug-likeness (QED) is 0.270. The minimum Gasteiger partial charge on any atom is -0.501 e. The molecular formula is C14H12ClF3O3. The molecule has 114 valence electrons. The fourth-order valence-electron chi connectivity index (χ4n) is 1.48. The third-order valence-corrected chi connectivity index (χ3v) is 2.85. The predicted octanol–water partition coefficient (Wildman–Crippen LogP) is 4.05. The van der Waals surface area contributed by atoms with Crippen LogP contribution in [0.2, 0.25) is 5.02 Å². The van der Waals surface area contributed by atoms with Crippen LogP contribution in [0, 0.1) is 0 Å². The Morgan fingerprint density at radius 3 is 2.38 bits per heavy atom. The molecule has 0 unspecified atom stereocenters. The highest BCUT2D eigenvalue weighted by molar-refractivity contribution is 6.37. The van der Waals surface area contributed by atoms with Crippen LogP contribution in [-0.4, -0.2) is 18.2 Å². The Morgan fingerprint density at radius 2 is 1.95 bits per heavy atom. The van der Waals surface area contributed by atoms with Crippen LogP contribution < -0.4 is 0 Å². The molecule has 0 bridgehead atoms. The summed E-state index contributed by atoms with van der Waals surface area (Å²) in [4.78, 5) is 23.5. The van der Waals surface area contributed by atoms with Crippen molar-refractivity contribution in [3.8, 4) is 0 Å². The van der Waals surface area contributed by atoms with Gasteiger partial charge in [-0.3, -0.25) is 9.59 Å². The summed E-state index contributed by atoms with van der Waals surface area (Å²) in [5.74, 6) is -1.35. The average Bonchev–Trinajstić information content (AvgIpc) is 2.37. The minimum absolute atomic E-state index is 0.189. The average molecular weight is 321 g/mol. The fourth-order valence-corrected chi connectivity index (χ4v) is 1.75. The Bertz CT molecular complexity index is 592. The van der Waals surface area contributed by atoms with E-state index in [-0.39, 0.29) is 22.8 Å². The van der Waals surface area contributed by atoms with Crippen LogP contribution in [0.5, 0.6) is 0 Å². The van der Waals surface area contributed by atoms with E-state index in [9.17, 15) is 22.8 Å². The number of carbonyl (C=O) groups excluding carboxylic acids is 2. The van der Waals surface area contributed by atoms with E-state index in [1.165, 1.54) is 0 Å². The van der Waals surface area contributed by atoms with Gasteiger partial charge in [0.15, 0.2) is 5.78 Å². The second-order valence-electron chi connectivity index (χ2n) is 4.06. The van der Waals surface area contributed by atoms with Crippen LogP contribution in [0.25, 0.3) is 0 Å². The van der Waals surface area contributed by atoms with Crippen LogP contribution in [0.4, 0.5) is 13.2 Å². The first-order valence-corrected chi connectivity index (χ1v) is 6.30. The van der Waals surface area contributed by atoms with Gasteiger partial charge < -0.3 is 4.74 Å². The van der Waals surface area contributed by atoms with E-state index in [0.29, 0.717) is 6.07 Å². The standard InChI is InChI=1S/C14H12ClF3O3/c1-3-21-7-11(8(2)19)13(20)10-5-4-9(6-12(10)15)14(16,17)18/h4-7H,3H2,1-2H3. The molecule has 1 aromatic rings. The molecule has 3 nitrogen and oxygen atoms in total. The lowest BCUT2D eigenvalue weighted by atomic mass is 10.0. The van der Waals surface area contributed by atoms with Gasteiger partial charge in [0.05, 0.1) is 29.0 Å². The van der Waals surface area contributed by atoms with Gasteiger partial charge in [0.2, 0.25) is 5.78 Å². The first kappa shape index (κ1) is 17.2. The molecule has 0 aliphatic rings. The van der Waals surface area contributed by atoms with Crippen LogP contribution in [0.15, 0.2) is 30.0 Å². The molecule has 0 saturated carbocycles. The first-order chi connectivity index (χ1) is 9.68. The van der Waals surface area contributed by atoms with Crippen molar-refractivity contribution in [2.24, 2.45) is 0 Å². The third-order valence-electron chi connectivity index (χ3n) is 2.53. The van der Waals surface area contributed by atoms with E-state index in [1.54, 1.807) is 6.92 Å². The minimum atomic E-state index is -4.56. The lowest BCUT2D eigenvalue weighted by molar-refractivity contribution is -0.137. The van der Waals surface area contributed by atoms with Crippen molar-refractivity contribution in [1.82, 2.24) is 0 Å². The van der Waals surface area contributed by atoms with E-state index in [0.717, 1.165) is 25.3 Å². The maximum Gasteiger partial charge on any atom is 0.416 e.